The third kappa shape index (κ3) is 5.51. The van der Waals surface area contributed by atoms with E-state index in [0.29, 0.717) is 37.1 Å². The quantitative estimate of drug-likeness (QED) is 0.763. The summed E-state index contributed by atoms with van der Waals surface area (Å²) < 4.78 is 16.2. The van der Waals surface area contributed by atoms with Gasteiger partial charge in [0, 0.05) is 19.3 Å². The highest BCUT2D eigenvalue weighted by molar-refractivity contribution is 5.94. The molecular formula is C19H25NO4. The third-order valence-corrected chi connectivity index (χ3v) is 3.43. The molecule has 24 heavy (non-hydrogen) atoms. The first-order chi connectivity index (χ1) is 11.6. The van der Waals surface area contributed by atoms with Crippen molar-refractivity contribution >= 4 is 5.91 Å². The Balaban J connectivity index is 2.05. The molecule has 0 bridgehead atoms. The average molecular weight is 331 g/mol. The van der Waals surface area contributed by atoms with Crippen LogP contribution in [0.1, 0.15) is 41.6 Å². The van der Waals surface area contributed by atoms with Crippen LogP contribution in [0.2, 0.25) is 0 Å². The van der Waals surface area contributed by atoms with Gasteiger partial charge < -0.3 is 19.2 Å². The Morgan fingerprint density at radius 1 is 1.21 bits per heavy atom. The lowest BCUT2D eigenvalue weighted by Gasteiger charge is -2.18. The fourth-order valence-electron chi connectivity index (χ4n) is 2.32. The predicted molar refractivity (Wildman–Crippen MR) is 91.7 cm³/mol. The summed E-state index contributed by atoms with van der Waals surface area (Å²) in [6, 6.07) is 10.7. The van der Waals surface area contributed by atoms with Crippen LogP contribution in [0.3, 0.4) is 0 Å². The van der Waals surface area contributed by atoms with Crippen molar-refractivity contribution in [3.63, 3.8) is 0 Å². The van der Waals surface area contributed by atoms with Gasteiger partial charge in [-0.05, 0) is 35.7 Å². The van der Waals surface area contributed by atoms with Crippen LogP contribution in [0.5, 0.6) is 0 Å². The number of ether oxygens (including phenoxy) is 2. The van der Waals surface area contributed by atoms with Gasteiger partial charge in [-0.3, -0.25) is 4.79 Å². The predicted octanol–water partition coefficient (Wildman–Crippen LogP) is 3.57. The van der Waals surface area contributed by atoms with Gasteiger partial charge in [-0.1, -0.05) is 26.0 Å². The smallest absolute Gasteiger partial charge is 0.251 e. The molecule has 1 amide bonds. The average Bonchev–Trinajstić information content (AvgIpc) is 3.08. The van der Waals surface area contributed by atoms with Gasteiger partial charge in [0.25, 0.3) is 5.91 Å². The molecule has 130 valence electrons. The zero-order valence-electron chi connectivity index (χ0n) is 14.5. The molecule has 1 aromatic carbocycles. The molecule has 0 spiro atoms. The van der Waals surface area contributed by atoms with E-state index >= 15 is 0 Å². The molecule has 0 saturated carbocycles. The van der Waals surface area contributed by atoms with Crippen molar-refractivity contribution in [3.8, 4) is 0 Å². The fourth-order valence-corrected chi connectivity index (χ4v) is 2.32. The molecule has 2 aromatic rings. The molecule has 5 heteroatoms. The number of rotatable bonds is 9. The lowest BCUT2D eigenvalue weighted by Crippen LogP contribution is -2.31. The van der Waals surface area contributed by atoms with Crippen LogP contribution in [-0.4, -0.2) is 26.2 Å². The van der Waals surface area contributed by atoms with E-state index in [2.05, 4.69) is 19.2 Å². The van der Waals surface area contributed by atoms with Crippen molar-refractivity contribution in [2.24, 2.45) is 5.92 Å². The molecule has 5 nitrogen and oxygen atoms in total. The number of carbonyl (C=O) groups is 1. The van der Waals surface area contributed by atoms with E-state index in [1.54, 1.807) is 25.5 Å². The lowest BCUT2D eigenvalue weighted by molar-refractivity contribution is 0.0730. The summed E-state index contributed by atoms with van der Waals surface area (Å²) >= 11 is 0. The van der Waals surface area contributed by atoms with Crippen LogP contribution in [0.15, 0.2) is 47.1 Å². The van der Waals surface area contributed by atoms with Crippen molar-refractivity contribution in [3.05, 3.63) is 59.5 Å². The molecule has 2 rings (SSSR count). The fraction of sp³-hybridized carbons (Fsp3) is 0.421. The second-order valence-corrected chi connectivity index (χ2v) is 6.11. The van der Waals surface area contributed by atoms with Gasteiger partial charge in [-0.15, -0.1) is 0 Å². The van der Waals surface area contributed by atoms with Gasteiger partial charge in [-0.2, -0.15) is 0 Å². The van der Waals surface area contributed by atoms with Crippen LogP contribution < -0.4 is 5.32 Å². The molecule has 0 aliphatic rings. The molecule has 0 aliphatic heterocycles. The second kappa shape index (κ2) is 9.25. The Bertz CT molecular complexity index is 622. The SMILES string of the molecule is COCc1cccc(C(=O)NC(COCC(C)C)c2ccco2)c1. The third-order valence-electron chi connectivity index (χ3n) is 3.43. The maximum absolute atomic E-state index is 12.6. The Labute approximate surface area is 143 Å². The first kappa shape index (κ1) is 18.2. The molecular weight excluding hydrogens is 306 g/mol. The van der Waals surface area contributed by atoms with Crippen LogP contribution in [-0.2, 0) is 16.1 Å². The summed E-state index contributed by atoms with van der Waals surface area (Å²) in [6.07, 6.45) is 1.59. The van der Waals surface area contributed by atoms with E-state index in [9.17, 15) is 4.79 Å². The van der Waals surface area contributed by atoms with E-state index in [1.807, 2.05) is 24.3 Å². The first-order valence-corrected chi connectivity index (χ1v) is 8.10. The van der Waals surface area contributed by atoms with Crippen molar-refractivity contribution in [1.29, 1.82) is 0 Å². The van der Waals surface area contributed by atoms with E-state index < -0.39 is 0 Å². The minimum absolute atomic E-state index is 0.164. The Morgan fingerprint density at radius 2 is 2.04 bits per heavy atom. The number of nitrogens with one attached hydrogen (secondary N) is 1. The Morgan fingerprint density at radius 3 is 2.71 bits per heavy atom. The molecule has 1 N–H and O–H groups in total. The number of amides is 1. The highest BCUT2D eigenvalue weighted by atomic mass is 16.5. The molecule has 1 atom stereocenters. The van der Waals surface area contributed by atoms with Gasteiger partial charge >= 0.3 is 0 Å². The van der Waals surface area contributed by atoms with Crippen LogP contribution in [0.25, 0.3) is 0 Å². The maximum Gasteiger partial charge on any atom is 0.251 e. The summed E-state index contributed by atoms with van der Waals surface area (Å²) in [4.78, 5) is 12.6. The van der Waals surface area contributed by atoms with E-state index in [0.717, 1.165) is 5.56 Å². The lowest BCUT2D eigenvalue weighted by atomic mass is 10.1. The van der Waals surface area contributed by atoms with Gasteiger partial charge in [0.05, 0.1) is 19.5 Å². The topological polar surface area (TPSA) is 60.7 Å². The normalized spacial score (nSPS) is 12.3. The van der Waals surface area contributed by atoms with E-state index in [1.165, 1.54) is 0 Å². The second-order valence-electron chi connectivity index (χ2n) is 6.11. The summed E-state index contributed by atoms with van der Waals surface area (Å²) in [5.74, 6) is 0.950. The summed E-state index contributed by atoms with van der Waals surface area (Å²) in [5.41, 5.74) is 1.54. The Kier molecular flexibility index (Phi) is 7.03. The number of methoxy groups -OCH3 is 1. The molecule has 1 aromatic heterocycles. The van der Waals surface area contributed by atoms with E-state index in [4.69, 9.17) is 13.9 Å². The minimum Gasteiger partial charge on any atom is -0.467 e. The van der Waals surface area contributed by atoms with Gasteiger partial charge in [0.1, 0.15) is 11.8 Å². The molecule has 1 unspecified atom stereocenters. The summed E-state index contributed by atoms with van der Waals surface area (Å²) in [7, 11) is 1.63. The van der Waals surface area contributed by atoms with Crippen LogP contribution in [0.4, 0.5) is 0 Å². The zero-order chi connectivity index (χ0) is 17.4. The van der Waals surface area contributed by atoms with Gasteiger partial charge in [0.2, 0.25) is 0 Å². The highest BCUT2D eigenvalue weighted by Crippen LogP contribution is 2.16. The molecule has 1 heterocycles. The van der Waals surface area contributed by atoms with Crippen molar-refractivity contribution in [2.75, 3.05) is 20.3 Å². The molecule has 0 fully saturated rings. The summed E-state index contributed by atoms with van der Waals surface area (Å²) in [5, 5.41) is 2.98. The van der Waals surface area contributed by atoms with Crippen molar-refractivity contribution in [2.45, 2.75) is 26.5 Å². The van der Waals surface area contributed by atoms with Gasteiger partial charge in [0.15, 0.2) is 0 Å². The molecule has 0 radical (unpaired) electrons. The number of benzene rings is 1. The maximum atomic E-state index is 12.6. The monoisotopic (exact) mass is 331 g/mol. The number of hydrogen-bond donors (Lipinski definition) is 1. The largest absolute Gasteiger partial charge is 0.467 e. The standard InChI is InChI=1S/C19H25NO4/c1-14(2)11-23-13-17(18-8-5-9-24-18)20-19(21)16-7-4-6-15(10-16)12-22-3/h4-10,14,17H,11-13H2,1-3H3,(H,20,21). The van der Waals surface area contributed by atoms with Crippen molar-refractivity contribution in [1.82, 2.24) is 5.32 Å². The zero-order valence-corrected chi connectivity index (χ0v) is 14.5. The molecule has 0 aliphatic carbocycles. The Hall–Kier alpha value is -2.11. The van der Waals surface area contributed by atoms with Crippen LogP contribution in [0, 0.1) is 5.92 Å². The summed E-state index contributed by atoms with van der Waals surface area (Å²) in [6.45, 7) is 5.65. The number of furan rings is 1. The van der Waals surface area contributed by atoms with Crippen LogP contribution >= 0.6 is 0 Å². The number of carbonyl (C=O) groups excluding carboxylic acids is 1. The first-order valence-electron chi connectivity index (χ1n) is 8.10. The molecule has 0 saturated heterocycles. The number of hydrogen-bond acceptors (Lipinski definition) is 4. The van der Waals surface area contributed by atoms with Crippen molar-refractivity contribution < 1.29 is 18.7 Å². The van der Waals surface area contributed by atoms with E-state index in [-0.39, 0.29) is 11.9 Å². The minimum atomic E-state index is -0.322. The van der Waals surface area contributed by atoms with Gasteiger partial charge in [-0.25, -0.2) is 0 Å². The highest BCUT2D eigenvalue weighted by Gasteiger charge is 2.19.